The second-order valence-electron chi connectivity index (χ2n) is 16.4. The molecule has 0 unspecified atom stereocenters. The Balaban J connectivity index is 0.00000484. The summed E-state index contributed by atoms with van der Waals surface area (Å²) >= 11 is 0.0117. The number of phenolic OH excluding ortho intramolecular Hbond substituents is 2. The van der Waals surface area contributed by atoms with Crippen LogP contribution in [0.2, 0.25) is 0 Å². The van der Waals surface area contributed by atoms with Crippen LogP contribution in [0, 0.1) is 0 Å². The summed E-state index contributed by atoms with van der Waals surface area (Å²) in [6, 6.07) is 9.60. The van der Waals surface area contributed by atoms with E-state index in [-0.39, 0.29) is 49.7 Å². The minimum Gasteiger partial charge on any atom is -1.00 e. The average Bonchev–Trinajstić information content (AvgIpc) is 3.15. The molecule has 0 amide bonds. The smallest absolute Gasteiger partial charge is 1.00 e. The standard InChI is InChI=1S/C36H54N2O2.ClH.Cr/c1-33(2,3)25-17-23(31(39)27(19-25)35(7,8)9)21-37-29-15-13-14-16-30(29)38-22-24-18-26(34(4,5)6)20-28(32(24)40)36(10,11)12;;/h17-22,29-30,39-40H,13-16H2,1-12H3;1H;/q;;+3/p-1/t29-,30-;;/m1../s1. The summed E-state index contributed by atoms with van der Waals surface area (Å²) in [5, 5.41) is 23.0. The molecule has 2 aromatic rings. The van der Waals surface area contributed by atoms with Gasteiger partial charge in [-0.15, -0.1) is 0 Å². The maximum Gasteiger partial charge on any atom is -1.00 e. The average molecular weight is 634 g/mol. The van der Waals surface area contributed by atoms with Gasteiger partial charge in [0.1, 0.15) is 0 Å². The van der Waals surface area contributed by atoms with Crippen molar-refractivity contribution in [2.45, 2.75) is 143 Å². The monoisotopic (exact) mass is 633 g/mol. The van der Waals surface area contributed by atoms with Crippen LogP contribution in [0.5, 0.6) is 11.5 Å². The van der Waals surface area contributed by atoms with Gasteiger partial charge in [0, 0.05) is 0 Å². The molecule has 0 spiro atoms. The number of aromatic hydroxyl groups is 2. The summed E-state index contributed by atoms with van der Waals surface area (Å²) < 4.78 is 5.02. The van der Waals surface area contributed by atoms with Crippen LogP contribution < -0.4 is 12.4 Å². The molecular weight excluding hydrogens is 580 g/mol. The van der Waals surface area contributed by atoms with Gasteiger partial charge < -0.3 is 12.4 Å². The zero-order valence-electron chi connectivity index (χ0n) is 28.0. The molecule has 1 saturated carbocycles. The maximum atomic E-state index is 11.5. The number of halogens is 1. The summed E-state index contributed by atoms with van der Waals surface area (Å²) in [5.41, 5.74) is 6.01. The third-order valence-electron chi connectivity index (χ3n) is 8.70. The van der Waals surface area contributed by atoms with Gasteiger partial charge in [-0.1, -0.05) is 0 Å². The molecular formula is C36H54ClCrN2O2+2. The quantitative estimate of drug-likeness (QED) is 0.484. The summed E-state index contributed by atoms with van der Waals surface area (Å²) in [4.78, 5) is 0. The molecule has 1 heterocycles. The molecule has 231 valence electrons. The number of fused-ring (bicyclic) bond motifs is 1. The van der Waals surface area contributed by atoms with Crippen molar-refractivity contribution in [3.05, 3.63) is 57.6 Å². The Morgan fingerprint density at radius 3 is 1.21 bits per heavy atom. The van der Waals surface area contributed by atoms with Crippen LogP contribution in [0.25, 0.3) is 0 Å². The van der Waals surface area contributed by atoms with Crippen LogP contribution in [-0.4, -0.2) is 41.8 Å². The minimum atomic E-state index is -0.155. The molecule has 0 radical (unpaired) electrons. The fourth-order valence-electron chi connectivity index (χ4n) is 5.95. The van der Waals surface area contributed by atoms with Gasteiger partial charge in [-0.2, -0.15) is 0 Å². The van der Waals surface area contributed by atoms with Gasteiger partial charge in [-0.25, -0.2) is 0 Å². The van der Waals surface area contributed by atoms with E-state index in [1.54, 1.807) is 0 Å². The summed E-state index contributed by atoms with van der Waals surface area (Å²) in [6.45, 7) is 26.5. The summed E-state index contributed by atoms with van der Waals surface area (Å²) in [7, 11) is 0. The molecule has 1 aliphatic heterocycles. The van der Waals surface area contributed by atoms with Gasteiger partial charge in [-0.3, -0.25) is 0 Å². The normalized spacial score (nSPS) is 21.7. The van der Waals surface area contributed by atoms with Crippen molar-refractivity contribution in [1.29, 1.82) is 0 Å². The van der Waals surface area contributed by atoms with Crippen molar-refractivity contribution < 1.29 is 45.4 Å². The van der Waals surface area contributed by atoms with Crippen molar-refractivity contribution in [3.8, 4) is 11.5 Å². The van der Waals surface area contributed by atoms with Crippen LogP contribution in [0.4, 0.5) is 0 Å². The van der Waals surface area contributed by atoms with E-state index in [1.807, 2.05) is 0 Å². The Morgan fingerprint density at radius 1 is 0.595 bits per heavy atom. The molecule has 2 atom stereocenters. The molecule has 1 saturated heterocycles. The molecule has 2 aliphatic rings. The molecule has 4 nitrogen and oxygen atoms in total. The van der Waals surface area contributed by atoms with Crippen LogP contribution in [-0.2, 0) is 37.3 Å². The van der Waals surface area contributed by atoms with Crippen LogP contribution in [0.3, 0.4) is 0 Å². The van der Waals surface area contributed by atoms with Gasteiger partial charge in [-0.05, 0) is 0 Å². The first kappa shape index (κ1) is 34.7. The molecule has 2 fully saturated rings. The molecule has 0 aromatic heterocycles. The third kappa shape index (κ3) is 7.28. The Labute approximate surface area is 268 Å². The second kappa shape index (κ2) is 11.9. The van der Waals surface area contributed by atoms with Crippen molar-refractivity contribution in [3.63, 3.8) is 0 Å². The summed E-state index contributed by atoms with van der Waals surface area (Å²) in [6.07, 6.45) is 9.25. The van der Waals surface area contributed by atoms with Gasteiger partial charge >= 0.3 is 257 Å². The largest absolute Gasteiger partial charge is 1.00 e. The first-order chi connectivity index (χ1) is 18.7. The first-order valence-electron chi connectivity index (χ1n) is 15.4. The number of hydrogen-bond donors (Lipinski definition) is 2. The number of benzene rings is 2. The van der Waals surface area contributed by atoms with Crippen molar-refractivity contribution >= 4 is 12.4 Å². The molecule has 0 bridgehead atoms. The van der Waals surface area contributed by atoms with Gasteiger partial charge in [0.05, 0.1) is 0 Å². The fourth-order valence-corrected chi connectivity index (χ4v) is 7.94. The van der Waals surface area contributed by atoms with E-state index in [2.05, 4.69) is 127 Å². The maximum absolute atomic E-state index is 11.5. The number of hydrogen-bond acceptors (Lipinski definition) is 2. The van der Waals surface area contributed by atoms with E-state index >= 15 is 0 Å². The predicted molar refractivity (Wildman–Crippen MR) is 168 cm³/mol. The van der Waals surface area contributed by atoms with E-state index in [0.717, 1.165) is 35.1 Å². The molecule has 2 aromatic carbocycles. The number of phenols is 2. The minimum absolute atomic E-state index is 0. The molecule has 4 rings (SSSR count). The fraction of sp³-hybridized carbons (Fsp3) is 0.611. The zero-order valence-corrected chi connectivity index (χ0v) is 30.1. The van der Waals surface area contributed by atoms with E-state index in [4.69, 9.17) is 0 Å². The number of rotatable bonds is 2. The van der Waals surface area contributed by atoms with Crippen LogP contribution in [0.15, 0.2) is 24.3 Å². The molecule has 2 N–H and O–H groups in total. The molecule has 6 heteroatoms. The Hall–Kier alpha value is -1.80. The van der Waals surface area contributed by atoms with Gasteiger partial charge in [0.25, 0.3) is 0 Å². The van der Waals surface area contributed by atoms with Crippen LogP contribution >= 0.6 is 0 Å². The van der Waals surface area contributed by atoms with E-state index in [9.17, 15) is 10.2 Å². The Morgan fingerprint density at radius 2 is 0.929 bits per heavy atom. The molecule has 42 heavy (non-hydrogen) atoms. The van der Waals surface area contributed by atoms with Gasteiger partial charge in [0.15, 0.2) is 0 Å². The topological polar surface area (TPSA) is 46.5 Å². The molecule has 1 aliphatic carbocycles. The third-order valence-corrected chi connectivity index (χ3v) is 10.5. The predicted octanol–water partition coefficient (Wildman–Crippen LogP) is 5.09. The Bertz CT molecular complexity index is 1280. The zero-order chi connectivity index (χ0) is 30.7. The second-order valence-corrected chi connectivity index (χ2v) is 18.0. The van der Waals surface area contributed by atoms with E-state index < -0.39 is 0 Å². The Kier molecular flexibility index (Phi) is 9.87. The first-order valence-corrected chi connectivity index (χ1v) is 16.5. The van der Waals surface area contributed by atoms with E-state index in [0.29, 0.717) is 23.6 Å². The van der Waals surface area contributed by atoms with Gasteiger partial charge in [0.2, 0.25) is 0 Å². The SMILES string of the molecule is CC(C)(C)c1cc(C=[N+]2[Cr+][N+](=Cc3cc(C(C)(C)C)cc(C(C)(C)C)c3O)[C@@H]3CCCC[C@H]32)c(O)c(C(C)(C)C)c1.[Cl-]. The van der Waals surface area contributed by atoms with E-state index in [1.165, 1.54) is 24.0 Å². The number of nitrogens with zero attached hydrogens (tertiary/aromatic N) is 2. The van der Waals surface area contributed by atoms with Crippen molar-refractivity contribution in [1.82, 2.24) is 0 Å². The summed E-state index contributed by atoms with van der Waals surface area (Å²) in [5.74, 6) is 0.808. The van der Waals surface area contributed by atoms with Crippen LogP contribution in [0.1, 0.15) is 142 Å². The van der Waals surface area contributed by atoms with Crippen molar-refractivity contribution in [2.75, 3.05) is 0 Å². The van der Waals surface area contributed by atoms with Crippen molar-refractivity contribution in [2.24, 2.45) is 0 Å².